The molecule has 3 heteroatoms. The fraction of sp³-hybridized carbons (Fsp3) is 0.0448. The molecule has 332 valence electrons. The molecule has 0 amide bonds. The summed E-state index contributed by atoms with van der Waals surface area (Å²) in [4.78, 5) is 4.76. The summed E-state index contributed by atoms with van der Waals surface area (Å²) in [6.07, 6.45) is 0. The van der Waals surface area contributed by atoms with Crippen molar-refractivity contribution in [2.24, 2.45) is 0 Å². The molecule has 70 heavy (non-hydrogen) atoms. The molecule has 1 aliphatic carbocycles. The van der Waals surface area contributed by atoms with Crippen LogP contribution in [-0.4, -0.2) is 4.57 Å². The summed E-state index contributed by atoms with van der Waals surface area (Å²) >= 11 is 0. The molecule has 0 fully saturated rings. The number of aromatic nitrogens is 1. The zero-order valence-electron chi connectivity index (χ0n) is 39.2. The molecule has 13 rings (SSSR count). The van der Waals surface area contributed by atoms with Crippen LogP contribution in [0.3, 0.4) is 0 Å². The number of hydrogen-bond acceptors (Lipinski definition) is 2. The van der Waals surface area contributed by atoms with Gasteiger partial charge in [-0.2, -0.15) is 0 Å². The first-order chi connectivity index (χ1) is 34.5. The predicted octanol–water partition coefficient (Wildman–Crippen LogP) is 18.5. The molecule has 3 nitrogen and oxygen atoms in total. The van der Waals surface area contributed by atoms with Gasteiger partial charge in [0.15, 0.2) is 0 Å². The highest BCUT2D eigenvalue weighted by Gasteiger charge is 2.37. The van der Waals surface area contributed by atoms with Crippen LogP contribution in [0.4, 0.5) is 34.1 Å². The summed E-state index contributed by atoms with van der Waals surface area (Å²) in [6, 6.07) is 95.2. The standard InChI is InChI=1S/C67H49N3/c1-67(2)60-26-15-14-25-58(60)66-61(67)27-16-28-63(66)69(55-39-31-47(32-40-55)46-29-37-54(38-30-46)68(51-18-6-3-7-19-51)52-20-8-4-9-21-52)56-41-33-48(34-42-56)50-36-43-62-59(45-50)65-57-24-13-12-17-49(57)35-44-64(65)70(62)53-22-10-5-11-23-53/h3-45H,1-2H3. The molecule has 11 aromatic carbocycles. The topological polar surface area (TPSA) is 11.4 Å². The molecule has 0 spiro atoms. The summed E-state index contributed by atoms with van der Waals surface area (Å²) in [7, 11) is 0. The van der Waals surface area contributed by atoms with Crippen LogP contribution in [0.5, 0.6) is 0 Å². The zero-order chi connectivity index (χ0) is 46.8. The highest BCUT2D eigenvalue weighted by Crippen LogP contribution is 2.54. The normalized spacial score (nSPS) is 12.5. The number of nitrogens with zero attached hydrogens (tertiary/aromatic N) is 3. The van der Waals surface area contributed by atoms with Gasteiger partial charge in [-0.3, -0.25) is 0 Å². The van der Waals surface area contributed by atoms with E-state index in [9.17, 15) is 0 Å². The van der Waals surface area contributed by atoms with Crippen LogP contribution in [0.1, 0.15) is 25.0 Å². The molecule has 0 radical (unpaired) electrons. The monoisotopic (exact) mass is 895 g/mol. The summed E-state index contributed by atoms with van der Waals surface area (Å²) in [5.74, 6) is 0. The van der Waals surface area contributed by atoms with Gasteiger partial charge in [0.1, 0.15) is 0 Å². The summed E-state index contributed by atoms with van der Waals surface area (Å²) in [6.45, 7) is 4.72. The van der Waals surface area contributed by atoms with E-state index in [-0.39, 0.29) is 5.41 Å². The molecular formula is C67H49N3. The van der Waals surface area contributed by atoms with E-state index in [0.717, 1.165) is 39.7 Å². The SMILES string of the molecule is CC1(C)c2ccccc2-c2c(N(c3ccc(-c4ccc(N(c5ccccc5)c5ccccc5)cc4)cc3)c3ccc(-c4ccc5c(c4)c4c6ccccc6ccc4n5-c4ccccc4)cc3)cccc21. The lowest BCUT2D eigenvalue weighted by Crippen LogP contribution is -2.16. The summed E-state index contributed by atoms with van der Waals surface area (Å²) < 4.78 is 2.41. The molecule has 0 aliphatic heterocycles. The van der Waals surface area contributed by atoms with Gasteiger partial charge in [-0.1, -0.05) is 178 Å². The summed E-state index contributed by atoms with van der Waals surface area (Å²) in [5.41, 5.74) is 20.2. The second-order valence-electron chi connectivity index (χ2n) is 18.9. The van der Waals surface area contributed by atoms with Gasteiger partial charge in [-0.05, 0) is 147 Å². The van der Waals surface area contributed by atoms with E-state index in [1.54, 1.807) is 0 Å². The van der Waals surface area contributed by atoms with Crippen molar-refractivity contribution < 1.29 is 0 Å². The number of rotatable bonds is 9. The Morgan fingerprint density at radius 2 is 0.829 bits per heavy atom. The van der Waals surface area contributed by atoms with E-state index in [1.165, 1.54) is 77.2 Å². The van der Waals surface area contributed by atoms with E-state index in [1.807, 2.05) is 0 Å². The maximum atomic E-state index is 2.45. The fourth-order valence-electron chi connectivity index (χ4n) is 11.2. The Bertz CT molecular complexity index is 3830. The highest BCUT2D eigenvalue weighted by atomic mass is 15.1. The first kappa shape index (κ1) is 41.3. The van der Waals surface area contributed by atoms with Crippen molar-refractivity contribution in [1.82, 2.24) is 4.57 Å². The number of anilines is 6. The van der Waals surface area contributed by atoms with Crippen LogP contribution in [0.25, 0.3) is 71.6 Å². The van der Waals surface area contributed by atoms with Crippen LogP contribution in [-0.2, 0) is 5.41 Å². The van der Waals surface area contributed by atoms with Gasteiger partial charge < -0.3 is 14.4 Å². The molecule has 0 saturated carbocycles. The smallest absolute Gasteiger partial charge is 0.0547 e. The second-order valence-corrected chi connectivity index (χ2v) is 18.9. The van der Waals surface area contributed by atoms with E-state index in [4.69, 9.17) is 0 Å². The Morgan fingerprint density at radius 3 is 1.47 bits per heavy atom. The van der Waals surface area contributed by atoms with Gasteiger partial charge in [-0.15, -0.1) is 0 Å². The van der Waals surface area contributed by atoms with Gasteiger partial charge in [0.25, 0.3) is 0 Å². The third-order valence-corrected chi connectivity index (χ3v) is 14.6. The minimum Gasteiger partial charge on any atom is -0.311 e. The van der Waals surface area contributed by atoms with Crippen molar-refractivity contribution in [3.63, 3.8) is 0 Å². The second kappa shape index (κ2) is 16.7. The van der Waals surface area contributed by atoms with Gasteiger partial charge in [-0.25, -0.2) is 0 Å². The Kier molecular flexibility index (Phi) is 9.85. The average Bonchev–Trinajstić information content (AvgIpc) is 3.89. The molecule has 1 aromatic heterocycles. The van der Waals surface area contributed by atoms with Crippen molar-refractivity contribution in [2.75, 3.05) is 9.80 Å². The molecule has 1 heterocycles. The lowest BCUT2D eigenvalue weighted by molar-refractivity contribution is 0.660. The molecule has 1 aliphatic rings. The molecule has 0 unspecified atom stereocenters. The van der Waals surface area contributed by atoms with Crippen molar-refractivity contribution in [2.45, 2.75) is 19.3 Å². The Labute approximate surface area is 409 Å². The van der Waals surface area contributed by atoms with Gasteiger partial charge in [0.05, 0.1) is 16.7 Å². The van der Waals surface area contributed by atoms with Crippen molar-refractivity contribution in [1.29, 1.82) is 0 Å². The predicted molar refractivity (Wildman–Crippen MR) is 296 cm³/mol. The third kappa shape index (κ3) is 6.81. The first-order valence-electron chi connectivity index (χ1n) is 24.3. The third-order valence-electron chi connectivity index (χ3n) is 14.6. The largest absolute Gasteiger partial charge is 0.311 e. The van der Waals surface area contributed by atoms with Gasteiger partial charge in [0.2, 0.25) is 0 Å². The van der Waals surface area contributed by atoms with E-state index < -0.39 is 0 Å². The van der Waals surface area contributed by atoms with E-state index >= 15 is 0 Å². The van der Waals surface area contributed by atoms with E-state index in [0.29, 0.717) is 0 Å². The molecule has 0 bridgehead atoms. The Morgan fingerprint density at radius 1 is 0.343 bits per heavy atom. The lowest BCUT2D eigenvalue weighted by Gasteiger charge is -2.29. The van der Waals surface area contributed by atoms with Crippen molar-refractivity contribution in [3.8, 4) is 39.1 Å². The molecular weight excluding hydrogens is 847 g/mol. The Balaban J connectivity index is 0.903. The lowest BCUT2D eigenvalue weighted by atomic mass is 9.82. The minimum atomic E-state index is -0.127. The van der Waals surface area contributed by atoms with Crippen LogP contribution in [0.2, 0.25) is 0 Å². The average molecular weight is 896 g/mol. The van der Waals surface area contributed by atoms with Crippen molar-refractivity contribution in [3.05, 3.63) is 272 Å². The zero-order valence-corrected chi connectivity index (χ0v) is 39.2. The van der Waals surface area contributed by atoms with Gasteiger partial charge in [0, 0.05) is 55.9 Å². The van der Waals surface area contributed by atoms with E-state index in [2.05, 4.69) is 289 Å². The summed E-state index contributed by atoms with van der Waals surface area (Å²) in [5, 5.41) is 5.04. The molecule has 0 N–H and O–H groups in total. The first-order valence-corrected chi connectivity index (χ1v) is 24.3. The minimum absolute atomic E-state index is 0.127. The quantitative estimate of drug-likeness (QED) is 0.143. The number of benzene rings is 11. The molecule has 0 atom stereocenters. The molecule has 0 saturated heterocycles. The highest BCUT2D eigenvalue weighted by molar-refractivity contribution is 6.22. The number of para-hydroxylation sites is 3. The number of hydrogen-bond donors (Lipinski definition) is 0. The Hall–Kier alpha value is -8.92. The maximum Gasteiger partial charge on any atom is 0.0547 e. The van der Waals surface area contributed by atoms with Crippen molar-refractivity contribution >= 4 is 66.7 Å². The van der Waals surface area contributed by atoms with Crippen LogP contribution >= 0.6 is 0 Å². The van der Waals surface area contributed by atoms with Gasteiger partial charge >= 0.3 is 0 Å². The van der Waals surface area contributed by atoms with Crippen LogP contribution in [0, 0.1) is 0 Å². The fourth-order valence-corrected chi connectivity index (χ4v) is 11.2. The van der Waals surface area contributed by atoms with Crippen LogP contribution < -0.4 is 9.80 Å². The van der Waals surface area contributed by atoms with Crippen LogP contribution in [0.15, 0.2) is 261 Å². The number of fused-ring (bicyclic) bond motifs is 8. The maximum absolute atomic E-state index is 2.45. The molecule has 12 aromatic rings.